The Morgan fingerprint density at radius 1 is 1.04 bits per heavy atom. The lowest BCUT2D eigenvalue weighted by molar-refractivity contribution is 0.0730. The van der Waals surface area contributed by atoms with E-state index >= 15 is 0 Å². The Bertz CT molecular complexity index is 975. The highest BCUT2D eigenvalue weighted by atomic mass is 35.5. The van der Waals surface area contributed by atoms with E-state index in [-0.39, 0.29) is 11.3 Å². The van der Waals surface area contributed by atoms with Gasteiger partial charge in [-0.1, -0.05) is 29.3 Å². The Balaban J connectivity index is 1.99. The zero-order valence-electron chi connectivity index (χ0n) is 12.0. The van der Waals surface area contributed by atoms with E-state index in [2.05, 4.69) is 0 Å². The van der Waals surface area contributed by atoms with Crippen LogP contribution in [0.25, 0.3) is 11.0 Å². The SMILES string of the molecule is O=C(Oc1cc(Cl)cc(Cl)c1)c1cc2cc(CCl)ccc2oc1=O. The molecule has 0 aliphatic rings. The van der Waals surface area contributed by atoms with Gasteiger partial charge in [0.2, 0.25) is 0 Å². The molecule has 0 N–H and O–H groups in total. The molecule has 1 aromatic heterocycles. The quantitative estimate of drug-likeness (QED) is 0.275. The Labute approximate surface area is 151 Å². The molecule has 0 bridgehead atoms. The first kappa shape index (κ1) is 16.8. The van der Waals surface area contributed by atoms with Gasteiger partial charge in [-0.3, -0.25) is 0 Å². The molecule has 0 spiro atoms. The summed E-state index contributed by atoms with van der Waals surface area (Å²) in [6.45, 7) is 0. The summed E-state index contributed by atoms with van der Waals surface area (Å²) in [4.78, 5) is 24.3. The molecule has 0 saturated heterocycles. The second-order valence-electron chi connectivity index (χ2n) is 4.95. The third kappa shape index (κ3) is 3.56. The predicted molar refractivity (Wildman–Crippen MR) is 93.5 cm³/mol. The second kappa shape index (κ2) is 6.85. The fraction of sp³-hybridized carbons (Fsp3) is 0.0588. The maximum Gasteiger partial charge on any atom is 0.351 e. The molecule has 3 aromatic rings. The summed E-state index contributed by atoms with van der Waals surface area (Å²) in [5, 5.41) is 1.19. The molecular weight excluding hydrogens is 375 g/mol. The molecule has 7 heteroatoms. The molecule has 0 saturated carbocycles. The smallest absolute Gasteiger partial charge is 0.351 e. The number of fused-ring (bicyclic) bond motifs is 1. The summed E-state index contributed by atoms with van der Waals surface area (Å²) >= 11 is 17.5. The molecule has 0 unspecified atom stereocenters. The lowest BCUT2D eigenvalue weighted by atomic mass is 10.1. The van der Waals surface area contributed by atoms with Gasteiger partial charge in [-0.25, -0.2) is 9.59 Å². The number of hydrogen-bond acceptors (Lipinski definition) is 4. The van der Waals surface area contributed by atoms with Crippen LogP contribution in [0.1, 0.15) is 15.9 Å². The van der Waals surface area contributed by atoms with Crippen LogP contribution in [0.2, 0.25) is 10.0 Å². The minimum Gasteiger partial charge on any atom is -0.423 e. The highest BCUT2D eigenvalue weighted by Crippen LogP contribution is 2.25. The van der Waals surface area contributed by atoms with Crippen molar-refractivity contribution in [3.63, 3.8) is 0 Å². The topological polar surface area (TPSA) is 56.5 Å². The molecule has 0 fully saturated rings. The summed E-state index contributed by atoms with van der Waals surface area (Å²) in [5.74, 6) is -0.428. The van der Waals surface area contributed by atoms with Crippen molar-refractivity contribution in [2.24, 2.45) is 0 Å². The number of ether oxygens (including phenoxy) is 1. The van der Waals surface area contributed by atoms with E-state index in [0.29, 0.717) is 26.9 Å². The molecular formula is C17H9Cl3O4. The zero-order valence-corrected chi connectivity index (χ0v) is 14.3. The van der Waals surface area contributed by atoms with Crippen LogP contribution >= 0.6 is 34.8 Å². The molecule has 0 atom stereocenters. The predicted octanol–water partition coefficient (Wildman–Crippen LogP) is 5.06. The van der Waals surface area contributed by atoms with Crippen LogP contribution in [0.4, 0.5) is 0 Å². The molecule has 3 rings (SSSR count). The largest absolute Gasteiger partial charge is 0.423 e. The Kier molecular flexibility index (Phi) is 4.81. The van der Waals surface area contributed by atoms with E-state index in [9.17, 15) is 9.59 Å². The number of esters is 1. The number of halogens is 3. The van der Waals surface area contributed by atoms with E-state index in [4.69, 9.17) is 44.0 Å². The first-order chi connectivity index (χ1) is 11.5. The summed E-state index contributed by atoms with van der Waals surface area (Å²) < 4.78 is 10.3. The summed E-state index contributed by atoms with van der Waals surface area (Å²) in [5.41, 5.74) is 0.166. The minimum atomic E-state index is -0.861. The van der Waals surface area contributed by atoms with Crippen LogP contribution in [0.5, 0.6) is 5.75 Å². The molecule has 24 heavy (non-hydrogen) atoms. The number of rotatable bonds is 3. The lowest BCUT2D eigenvalue weighted by Crippen LogP contribution is -2.18. The van der Waals surface area contributed by atoms with Gasteiger partial charge in [0.05, 0.1) is 0 Å². The molecule has 2 aromatic carbocycles. The van der Waals surface area contributed by atoms with Gasteiger partial charge in [-0.2, -0.15) is 0 Å². The van der Waals surface area contributed by atoms with Crippen molar-refractivity contribution >= 4 is 51.7 Å². The van der Waals surface area contributed by atoms with Crippen LogP contribution in [0.15, 0.2) is 51.7 Å². The molecule has 0 amide bonds. The molecule has 122 valence electrons. The molecule has 4 nitrogen and oxygen atoms in total. The van der Waals surface area contributed by atoms with Crippen molar-refractivity contribution < 1.29 is 13.9 Å². The number of hydrogen-bond donors (Lipinski definition) is 0. The Morgan fingerprint density at radius 2 is 1.75 bits per heavy atom. The molecule has 0 aliphatic heterocycles. The first-order valence-corrected chi connectivity index (χ1v) is 8.06. The standard InChI is InChI=1S/C17H9Cl3O4/c18-8-9-1-2-15-10(3-9)4-14(17(22)24-15)16(21)23-13-6-11(19)5-12(20)7-13/h1-7H,8H2. The third-order valence-corrected chi connectivity index (χ3v) is 3.96. The molecule has 1 heterocycles. The normalized spacial score (nSPS) is 10.8. The first-order valence-electron chi connectivity index (χ1n) is 6.77. The van der Waals surface area contributed by atoms with Gasteiger partial charge >= 0.3 is 11.6 Å². The van der Waals surface area contributed by atoms with Gasteiger partial charge in [0.25, 0.3) is 0 Å². The van der Waals surface area contributed by atoms with Crippen molar-refractivity contribution in [3.8, 4) is 5.75 Å². The fourth-order valence-corrected chi connectivity index (χ4v) is 2.82. The average Bonchev–Trinajstić information content (AvgIpc) is 2.52. The second-order valence-corrected chi connectivity index (χ2v) is 6.09. The number of benzene rings is 2. The highest BCUT2D eigenvalue weighted by Gasteiger charge is 2.17. The van der Waals surface area contributed by atoms with Crippen LogP contribution in [-0.4, -0.2) is 5.97 Å². The third-order valence-electron chi connectivity index (χ3n) is 3.22. The lowest BCUT2D eigenvalue weighted by Gasteiger charge is -2.06. The maximum atomic E-state index is 12.3. The number of carbonyl (C=O) groups is 1. The van der Waals surface area contributed by atoms with Crippen molar-refractivity contribution in [2.45, 2.75) is 5.88 Å². The van der Waals surface area contributed by atoms with Crippen molar-refractivity contribution in [1.82, 2.24) is 0 Å². The van der Waals surface area contributed by atoms with Crippen LogP contribution in [0, 0.1) is 0 Å². The van der Waals surface area contributed by atoms with Crippen molar-refractivity contribution in [1.29, 1.82) is 0 Å². The Hall–Kier alpha value is -2.01. The van der Waals surface area contributed by atoms with Crippen molar-refractivity contribution in [2.75, 3.05) is 0 Å². The average molecular weight is 384 g/mol. The van der Waals surface area contributed by atoms with E-state index in [0.717, 1.165) is 5.56 Å². The van der Waals surface area contributed by atoms with Gasteiger partial charge < -0.3 is 9.15 Å². The van der Waals surface area contributed by atoms with Gasteiger partial charge in [0.15, 0.2) is 0 Å². The fourth-order valence-electron chi connectivity index (χ4n) is 2.15. The summed E-state index contributed by atoms with van der Waals surface area (Å²) in [6, 6.07) is 10.8. The van der Waals surface area contributed by atoms with Gasteiger partial charge in [-0.05, 0) is 42.0 Å². The summed E-state index contributed by atoms with van der Waals surface area (Å²) in [6.07, 6.45) is 0. The van der Waals surface area contributed by atoms with Gasteiger partial charge in [-0.15, -0.1) is 11.6 Å². The van der Waals surface area contributed by atoms with Crippen LogP contribution < -0.4 is 10.4 Å². The van der Waals surface area contributed by atoms with Gasteiger partial charge in [0, 0.05) is 21.3 Å². The molecule has 0 aliphatic carbocycles. The number of alkyl halides is 1. The van der Waals surface area contributed by atoms with E-state index in [1.807, 2.05) is 0 Å². The number of carbonyl (C=O) groups excluding carboxylic acids is 1. The van der Waals surface area contributed by atoms with E-state index < -0.39 is 11.6 Å². The minimum absolute atomic E-state index is 0.131. The van der Waals surface area contributed by atoms with E-state index in [1.54, 1.807) is 18.2 Å². The highest BCUT2D eigenvalue weighted by molar-refractivity contribution is 6.34. The zero-order chi connectivity index (χ0) is 17.3. The maximum absolute atomic E-state index is 12.3. The van der Waals surface area contributed by atoms with Crippen molar-refractivity contribution in [3.05, 3.63) is 74.1 Å². The Morgan fingerprint density at radius 3 is 2.42 bits per heavy atom. The van der Waals surface area contributed by atoms with Crippen LogP contribution in [0.3, 0.4) is 0 Å². The molecule has 0 radical (unpaired) electrons. The van der Waals surface area contributed by atoms with E-state index in [1.165, 1.54) is 24.3 Å². The monoisotopic (exact) mass is 382 g/mol. The van der Waals surface area contributed by atoms with Gasteiger partial charge in [0.1, 0.15) is 16.9 Å². The summed E-state index contributed by atoms with van der Waals surface area (Å²) in [7, 11) is 0. The van der Waals surface area contributed by atoms with Crippen LogP contribution in [-0.2, 0) is 5.88 Å².